The molecule has 31 heavy (non-hydrogen) atoms. The van der Waals surface area contributed by atoms with Crippen LogP contribution in [0.25, 0.3) is 27.9 Å². The van der Waals surface area contributed by atoms with Crippen molar-refractivity contribution in [2.45, 2.75) is 13.3 Å². The third kappa shape index (κ3) is 3.59. The van der Waals surface area contributed by atoms with E-state index in [1.807, 2.05) is 36.1 Å². The van der Waals surface area contributed by atoms with E-state index in [4.69, 9.17) is 4.98 Å². The molecule has 0 fully saturated rings. The predicted octanol–water partition coefficient (Wildman–Crippen LogP) is 3.78. The first-order valence-electron chi connectivity index (χ1n) is 10.0. The number of hydrogen-bond acceptors (Lipinski definition) is 5. The Morgan fingerprint density at radius 1 is 1.10 bits per heavy atom. The van der Waals surface area contributed by atoms with E-state index >= 15 is 0 Å². The first kappa shape index (κ1) is 19.4. The lowest BCUT2D eigenvalue weighted by Crippen LogP contribution is -2.14. The fourth-order valence-electron chi connectivity index (χ4n) is 3.76. The Hall–Kier alpha value is -3.52. The minimum atomic E-state index is -3.34. The van der Waals surface area contributed by atoms with E-state index in [1.54, 1.807) is 25.3 Å². The van der Waals surface area contributed by atoms with Crippen molar-refractivity contribution >= 4 is 32.3 Å². The number of nitrogens with zero attached hydrogens (tertiary/aromatic N) is 4. The molecule has 2 aromatic carbocycles. The van der Waals surface area contributed by atoms with Crippen molar-refractivity contribution in [1.82, 2.24) is 19.5 Å². The van der Waals surface area contributed by atoms with E-state index in [2.05, 4.69) is 32.9 Å². The summed E-state index contributed by atoms with van der Waals surface area (Å²) >= 11 is 0. The highest BCUT2D eigenvalue weighted by Crippen LogP contribution is 2.33. The number of anilines is 1. The summed E-state index contributed by atoms with van der Waals surface area (Å²) in [7, 11) is -1.36. The van der Waals surface area contributed by atoms with Crippen molar-refractivity contribution in [2.24, 2.45) is 7.05 Å². The van der Waals surface area contributed by atoms with Crippen LogP contribution in [0.5, 0.6) is 0 Å². The molecule has 0 bridgehead atoms. The minimum Gasteiger partial charge on any atom is -0.334 e. The Morgan fingerprint density at radius 3 is 2.81 bits per heavy atom. The van der Waals surface area contributed by atoms with Gasteiger partial charge in [-0.25, -0.2) is 18.4 Å². The molecule has 0 aliphatic heterocycles. The number of sulfonamides is 1. The minimum absolute atomic E-state index is 0.0189. The molecule has 0 unspecified atom stereocenters. The number of aromatic nitrogens is 4. The van der Waals surface area contributed by atoms with Crippen LogP contribution in [-0.4, -0.2) is 33.7 Å². The molecule has 1 N–H and O–H groups in total. The van der Waals surface area contributed by atoms with Gasteiger partial charge in [-0.3, -0.25) is 9.71 Å². The van der Waals surface area contributed by atoms with Gasteiger partial charge in [0.2, 0.25) is 10.0 Å². The molecule has 4 aromatic rings. The van der Waals surface area contributed by atoms with Crippen molar-refractivity contribution in [1.29, 1.82) is 0 Å². The molecule has 7 nitrogen and oxygen atoms in total. The van der Waals surface area contributed by atoms with Crippen LogP contribution in [0.4, 0.5) is 5.69 Å². The second kappa shape index (κ2) is 7.31. The summed E-state index contributed by atoms with van der Waals surface area (Å²) in [5.74, 6) is 0.0189. The van der Waals surface area contributed by atoms with Crippen molar-refractivity contribution in [3.63, 3.8) is 0 Å². The van der Waals surface area contributed by atoms with Crippen molar-refractivity contribution in [3.8, 4) is 11.3 Å². The van der Waals surface area contributed by atoms with Crippen LogP contribution in [0.3, 0.4) is 0 Å². The molecule has 1 aliphatic carbocycles. The van der Waals surface area contributed by atoms with Gasteiger partial charge >= 0.3 is 0 Å². The van der Waals surface area contributed by atoms with Gasteiger partial charge < -0.3 is 4.57 Å². The van der Waals surface area contributed by atoms with Crippen molar-refractivity contribution < 1.29 is 8.42 Å². The number of hydrogen-bond donors (Lipinski definition) is 1. The number of rotatable bonds is 5. The molecule has 8 heteroatoms. The predicted molar refractivity (Wildman–Crippen MR) is 122 cm³/mol. The molecule has 2 heterocycles. The van der Waals surface area contributed by atoms with Crippen molar-refractivity contribution in [2.75, 3.05) is 10.5 Å². The first-order chi connectivity index (χ1) is 14.9. The molecule has 0 atom stereocenters. The average molecular weight is 432 g/mol. The number of aryl methyl sites for hydroxylation is 1. The maximum atomic E-state index is 11.9. The van der Waals surface area contributed by atoms with E-state index in [1.165, 1.54) is 0 Å². The molecule has 0 spiro atoms. The smallest absolute Gasteiger partial charge is 0.232 e. The molecule has 0 amide bonds. The first-order valence-corrected chi connectivity index (χ1v) is 11.7. The Kier molecular flexibility index (Phi) is 4.59. The summed E-state index contributed by atoms with van der Waals surface area (Å²) in [5, 5.41) is 0. The Bertz CT molecular complexity index is 1450. The zero-order chi connectivity index (χ0) is 21.6. The SMILES string of the molecule is CCS(=O)(=O)Nc1cccc(-c2cnc3c(n2)C(c2ccc4ncn(C)c4c2)=CC3)c1. The third-order valence-corrected chi connectivity index (χ3v) is 6.76. The highest BCUT2D eigenvalue weighted by molar-refractivity contribution is 7.92. The van der Waals surface area contributed by atoms with Crippen LogP contribution in [0.1, 0.15) is 23.9 Å². The van der Waals surface area contributed by atoms with Crippen LogP contribution in [0.2, 0.25) is 0 Å². The number of fused-ring (bicyclic) bond motifs is 2. The summed E-state index contributed by atoms with van der Waals surface area (Å²) in [6.07, 6.45) is 6.44. The monoisotopic (exact) mass is 431 g/mol. The van der Waals surface area contributed by atoms with Gasteiger partial charge in [-0.15, -0.1) is 0 Å². The fraction of sp³-hybridized carbons (Fsp3) is 0.174. The largest absolute Gasteiger partial charge is 0.334 e. The van der Waals surface area contributed by atoms with E-state index in [-0.39, 0.29) is 5.75 Å². The standard InChI is InChI=1S/C23H21N5O2S/c1-3-31(29,30)27-17-6-4-5-16(11-17)21-13-24-20-10-8-18(23(20)26-21)15-7-9-19-22(12-15)28(2)14-25-19/h4-9,11-14,27H,3,10H2,1-2H3. The van der Waals surface area contributed by atoms with Crippen LogP contribution in [-0.2, 0) is 23.5 Å². The molecule has 0 radical (unpaired) electrons. The van der Waals surface area contributed by atoms with E-state index in [0.29, 0.717) is 11.4 Å². The van der Waals surface area contributed by atoms with Crippen LogP contribution >= 0.6 is 0 Å². The lowest BCUT2D eigenvalue weighted by atomic mass is 10.0. The third-order valence-electron chi connectivity index (χ3n) is 5.45. The summed E-state index contributed by atoms with van der Waals surface area (Å²) < 4.78 is 28.4. The fourth-order valence-corrected chi connectivity index (χ4v) is 4.39. The highest BCUT2D eigenvalue weighted by Gasteiger charge is 2.20. The second-order valence-electron chi connectivity index (χ2n) is 7.52. The summed E-state index contributed by atoms with van der Waals surface area (Å²) in [6, 6.07) is 13.4. The quantitative estimate of drug-likeness (QED) is 0.519. The molecular weight excluding hydrogens is 410 g/mol. The van der Waals surface area contributed by atoms with Gasteiger partial charge in [0.05, 0.1) is 46.4 Å². The Balaban J connectivity index is 1.52. The molecule has 1 aliphatic rings. The topological polar surface area (TPSA) is 89.8 Å². The summed E-state index contributed by atoms with van der Waals surface area (Å²) in [4.78, 5) is 13.9. The van der Waals surface area contributed by atoms with E-state index in [9.17, 15) is 8.42 Å². The van der Waals surface area contributed by atoms with Gasteiger partial charge in [0.1, 0.15) is 0 Å². The summed E-state index contributed by atoms with van der Waals surface area (Å²) in [6.45, 7) is 1.61. The number of imidazole rings is 1. The summed E-state index contributed by atoms with van der Waals surface area (Å²) in [5.41, 5.74) is 7.96. The van der Waals surface area contributed by atoms with Gasteiger partial charge in [-0.2, -0.15) is 0 Å². The van der Waals surface area contributed by atoms with Crippen LogP contribution in [0, 0.1) is 0 Å². The highest BCUT2D eigenvalue weighted by atomic mass is 32.2. The number of benzene rings is 2. The molecule has 0 saturated heterocycles. The normalized spacial score (nSPS) is 13.3. The maximum Gasteiger partial charge on any atom is 0.232 e. The molecule has 156 valence electrons. The maximum absolute atomic E-state index is 11.9. The Morgan fingerprint density at radius 2 is 1.97 bits per heavy atom. The number of allylic oxidation sites excluding steroid dienone is 1. The molecule has 5 rings (SSSR count). The zero-order valence-corrected chi connectivity index (χ0v) is 18.0. The zero-order valence-electron chi connectivity index (χ0n) is 17.2. The lowest BCUT2D eigenvalue weighted by molar-refractivity contribution is 0.602. The second-order valence-corrected chi connectivity index (χ2v) is 9.53. The van der Waals surface area contributed by atoms with Gasteiger partial charge in [0.25, 0.3) is 0 Å². The van der Waals surface area contributed by atoms with Gasteiger partial charge in [0, 0.05) is 30.3 Å². The van der Waals surface area contributed by atoms with E-state index in [0.717, 1.165) is 45.5 Å². The van der Waals surface area contributed by atoms with E-state index < -0.39 is 10.0 Å². The van der Waals surface area contributed by atoms with Gasteiger partial charge in [-0.1, -0.05) is 24.3 Å². The van der Waals surface area contributed by atoms with Crippen LogP contribution < -0.4 is 4.72 Å². The molecule has 2 aromatic heterocycles. The molecular formula is C23H21N5O2S. The average Bonchev–Trinajstić information content (AvgIpc) is 3.36. The lowest BCUT2D eigenvalue weighted by Gasteiger charge is -2.10. The Labute approximate surface area is 180 Å². The van der Waals surface area contributed by atoms with Gasteiger partial charge in [-0.05, 0) is 36.8 Å². The molecule has 0 saturated carbocycles. The number of nitrogens with one attached hydrogen (secondary N) is 1. The van der Waals surface area contributed by atoms with Crippen molar-refractivity contribution in [3.05, 3.63) is 78.0 Å². The van der Waals surface area contributed by atoms with Crippen LogP contribution in [0.15, 0.2) is 61.1 Å². The van der Waals surface area contributed by atoms with Gasteiger partial charge in [0.15, 0.2) is 0 Å².